The van der Waals surface area contributed by atoms with E-state index in [1.807, 2.05) is 0 Å². The van der Waals surface area contributed by atoms with Crippen molar-refractivity contribution in [2.45, 2.75) is 13.3 Å². The van der Waals surface area contributed by atoms with Gasteiger partial charge in [-0.3, -0.25) is 0 Å². The summed E-state index contributed by atoms with van der Waals surface area (Å²) >= 11 is 0. The number of esters is 1. The van der Waals surface area contributed by atoms with Gasteiger partial charge in [0, 0.05) is 6.42 Å². The lowest BCUT2D eigenvalue weighted by atomic mass is 10.1. The number of para-hydroxylation sites is 1. The second-order valence-electron chi connectivity index (χ2n) is 4.57. The standard InChI is InChI=1S/C15H15NO8/c1-2-21-14(17)12-13(22-8-5-9-23-16(19)20)10-6-3-4-7-11(10)24-15(12)18/h3-4,6-7H,2,5,8-9H2,1H3. The second-order valence-corrected chi connectivity index (χ2v) is 4.57. The van der Waals surface area contributed by atoms with E-state index in [-0.39, 0.29) is 43.1 Å². The van der Waals surface area contributed by atoms with Gasteiger partial charge in [0.1, 0.15) is 5.58 Å². The zero-order valence-corrected chi connectivity index (χ0v) is 12.9. The minimum absolute atomic E-state index is 0.00763. The molecule has 1 aromatic carbocycles. The Hall–Kier alpha value is -3.10. The molecule has 0 aliphatic heterocycles. The molecule has 0 bridgehead atoms. The molecule has 0 aliphatic carbocycles. The smallest absolute Gasteiger partial charge is 0.354 e. The van der Waals surface area contributed by atoms with Crippen molar-refractivity contribution in [3.05, 3.63) is 50.4 Å². The Morgan fingerprint density at radius 3 is 2.75 bits per heavy atom. The number of hydrogen-bond donors (Lipinski definition) is 0. The van der Waals surface area contributed by atoms with E-state index in [9.17, 15) is 19.7 Å². The topological polar surface area (TPSA) is 118 Å². The number of nitrogens with zero attached hydrogens (tertiary/aromatic N) is 1. The van der Waals surface area contributed by atoms with Crippen LogP contribution >= 0.6 is 0 Å². The van der Waals surface area contributed by atoms with Gasteiger partial charge in [-0.05, 0) is 19.1 Å². The Bertz CT molecular complexity index is 798. The van der Waals surface area contributed by atoms with Gasteiger partial charge in [0.15, 0.2) is 11.3 Å². The van der Waals surface area contributed by atoms with Gasteiger partial charge in [-0.2, -0.15) is 0 Å². The minimum Gasteiger partial charge on any atom is -0.492 e. The molecular formula is C15H15NO8. The van der Waals surface area contributed by atoms with Crippen molar-refractivity contribution in [3.63, 3.8) is 0 Å². The summed E-state index contributed by atoms with van der Waals surface area (Å²) in [6, 6.07) is 6.56. The normalized spacial score (nSPS) is 10.4. The van der Waals surface area contributed by atoms with Crippen LogP contribution in [-0.4, -0.2) is 30.9 Å². The Kier molecular flexibility index (Phi) is 5.72. The van der Waals surface area contributed by atoms with Crippen molar-refractivity contribution in [3.8, 4) is 5.75 Å². The van der Waals surface area contributed by atoms with Crippen LogP contribution < -0.4 is 10.4 Å². The molecule has 128 valence electrons. The lowest BCUT2D eigenvalue weighted by molar-refractivity contribution is -0.757. The monoisotopic (exact) mass is 337 g/mol. The molecule has 2 rings (SSSR count). The molecule has 0 saturated heterocycles. The highest BCUT2D eigenvalue weighted by molar-refractivity contribution is 5.98. The number of rotatable bonds is 8. The van der Waals surface area contributed by atoms with Crippen LogP contribution in [0.4, 0.5) is 0 Å². The lowest BCUT2D eigenvalue weighted by Crippen LogP contribution is -2.19. The zero-order valence-electron chi connectivity index (χ0n) is 12.9. The Balaban J connectivity index is 2.32. The molecular weight excluding hydrogens is 322 g/mol. The highest BCUT2D eigenvalue weighted by atomic mass is 16.9. The first kappa shape index (κ1) is 17.3. The van der Waals surface area contributed by atoms with Crippen LogP contribution in [-0.2, 0) is 9.57 Å². The minimum atomic E-state index is -0.906. The Morgan fingerprint density at radius 2 is 2.04 bits per heavy atom. The number of carbonyl (C=O) groups excluding carboxylic acids is 1. The van der Waals surface area contributed by atoms with Crippen LogP contribution in [0, 0.1) is 10.1 Å². The van der Waals surface area contributed by atoms with Gasteiger partial charge >= 0.3 is 11.6 Å². The summed E-state index contributed by atoms with van der Waals surface area (Å²) in [7, 11) is 0. The molecule has 0 fully saturated rings. The first-order chi connectivity index (χ1) is 11.5. The Morgan fingerprint density at radius 1 is 1.29 bits per heavy atom. The molecule has 0 spiro atoms. The van der Waals surface area contributed by atoms with Crippen LogP contribution in [0.15, 0.2) is 33.5 Å². The first-order valence-corrected chi connectivity index (χ1v) is 7.17. The molecule has 2 aromatic rings. The van der Waals surface area contributed by atoms with Gasteiger partial charge in [0.25, 0.3) is 5.09 Å². The largest absolute Gasteiger partial charge is 0.492 e. The van der Waals surface area contributed by atoms with E-state index in [4.69, 9.17) is 13.9 Å². The lowest BCUT2D eigenvalue weighted by Gasteiger charge is -2.12. The van der Waals surface area contributed by atoms with Gasteiger partial charge in [-0.25, -0.2) is 9.59 Å². The van der Waals surface area contributed by atoms with Gasteiger partial charge in [0.05, 0.1) is 25.2 Å². The summed E-state index contributed by atoms with van der Waals surface area (Å²) in [5.74, 6) is -0.824. The predicted molar refractivity (Wildman–Crippen MR) is 81.5 cm³/mol. The summed E-state index contributed by atoms with van der Waals surface area (Å²) in [5.41, 5.74) is -0.957. The fourth-order valence-electron chi connectivity index (χ4n) is 2.02. The van der Waals surface area contributed by atoms with Gasteiger partial charge in [0.2, 0.25) is 0 Å². The summed E-state index contributed by atoms with van der Waals surface area (Å²) in [6.45, 7) is 1.53. The third-order valence-electron chi connectivity index (χ3n) is 2.98. The molecule has 1 heterocycles. The average molecular weight is 337 g/mol. The molecule has 0 atom stereocenters. The third-order valence-corrected chi connectivity index (χ3v) is 2.98. The van der Waals surface area contributed by atoms with E-state index in [1.165, 1.54) is 0 Å². The van der Waals surface area contributed by atoms with E-state index in [0.717, 1.165) is 0 Å². The maximum absolute atomic E-state index is 12.1. The second kappa shape index (κ2) is 7.95. The molecule has 9 heteroatoms. The van der Waals surface area contributed by atoms with Crippen LogP contribution in [0.25, 0.3) is 11.0 Å². The van der Waals surface area contributed by atoms with E-state index < -0.39 is 16.7 Å². The summed E-state index contributed by atoms with van der Waals surface area (Å²) in [4.78, 5) is 38.4. The van der Waals surface area contributed by atoms with E-state index >= 15 is 0 Å². The Labute approximate surface area is 135 Å². The van der Waals surface area contributed by atoms with Crippen LogP contribution in [0.2, 0.25) is 0 Å². The maximum Gasteiger partial charge on any atom is 0.354 e. The maximum atomic E-state index is 12.1. The molecule has 0 amide bonds. The highest BCUT2D eigenvalue weighted by Gasteiger charge is 2.23. The fraction of sp³-hybridized carbons (Fsp3) is 0.333. The van der Waals surface area contributed by atoms with E-state index in [2.05, 4.69) is 4.84 Å². The molecule has 9 nitrogen and oxygen atoms in total. The van der Waals surface area contributed by atoms with Crippen LogP contribution in [0.3, 0.4) is 0 Å². The van der Waals surface area contributed by atoms with E-state index in [1.54, 1.807) is 31.2 Å². The summed E-state index contributed by atoms with van der Waals surface area (Å²) in [6.07, 6.45) is 0.192. The van der Waals surface area contributed by atoms with Gasteiger partial charge in [-0.1, -0.05) is 12.1 Å². The number of benzene rings is 1. The van der Waals surface area contributed by atoms with Crippen molar-refractivity contribution in [1.29, 1.82) is 0 Å². The molecule has 0 radical (unpaired) electrons. The van der Waals surface area contributed by atoms with Crippen molar-refractivity contribution in [2.75, 3.05) is 19.8 Å². The van der Waals surface area contributed by atoms with E-state index in [0.29, 0.717) is 5.39 Å². The van der Waals surface area contributed by atoms with Crippen molar-refractivity contribution < 1.29 is 28.6 Å². The van der Waals surface area contributed by atoms with Crippen LogP contribution in [0.1, 0.15) is 23.7 Å². The molecule has 0 unspecified atom stereocenters. The number of ether oxygens (including phenoxy) is 2. The molecule has 24 heavy (non-hydrogen) atoms. The molecule has 0 saturated carbocycles. The third kappa shape index (κ3) is 4.00. The summed E-state index contributed by atoms with van der Waals surface area (Å²) < 4.78 is 15.5. The van der Waals surface area contributed by atoms with Gasteiger partial charge < -0.3 is 18.7 Å². The van der Waals surface area contributed by atoms with Crippen molar-refractivity contribution >= 4 is 16.9 Å². The van der Waals surface area contributed by atoms with Crippen molar-refractivity contribution in [2.24, 2.45) is 0 Å². The molecule has 1 aromatic heterocycles. The van der Waals surface area contributed by atoms with Gasteiger partial charge in [-0.15, -0.1) is 10.1 Å². The zero-order chi connectivity index (χ0) is 17.5. The fourth-order valence-corrected chi connectivity index (χ4v) is 2.02. The predicted octanol–water partition coefficient (Wildman–Crippen LogP) is 1.95. The number of hydrogen-bond acceptors (Lipinski definition) is 8. The quantitative estimate of drug-likeness (QED) is 0.236. The number of carbonyl (C=O) groups is 1. The molecule has 0 aliphatic rings. The summed E-state index contributed by atoms with van der Waals surface area (Å²) in [5, 5.41) is 9.61. The molecule has 0 N–H and O–H groups in total. The first-order valence-electron chi connectivity index (χ1n) is 7.17. The van der Waals surface area contributed by atoms with Crippen molar-refractivity contribution in [1.82, 2.24) is 0 Å². The number of fused-ring (bicyclic) bond motifs is 1. The SMILES string of the molecule is CCOC(=O)c1c(OCCCO[N+](=O)[O-])c2ccccc2oc1=O. The average Bonchev–Trinajstić information content (AvgIpc) is 2.54. The highest BCUT2D eigenvalue weighted by Crippen LogP contribution is 2.28. The van der Waals surface area contributed by atoms with Crippen LogP contribution in [0.5, 0.6) is 5.75 Å².